The molecule has 134 valence electrons. The van der Waals surface area contributed by atoms with Crippen molar-refractivity contribution in [2.24, 2.45) is 5.73 Å². The quantitative estimate of drug-likeness (QED) is 0.746. The minimum atomic E-state index is -3.52. The Morgan fingerprint density at radius 1 is 1.36 bits per heavy atom. The highest BCUT2D eigenvalue weighted by Crippen LogP contribution is 2.35. The van der Waals surface area contributed by atoms with Gasteiger partial charge in [-0.25, -0.2) is 12.8 Å². The van der Waals surface area contributed by atoms with Gasteiger partial charge in [0.1, 0.15) is 11.3 Å². The van der Waals surface area contributed by atoms with E-state index in [1.807, 2.05) is 0 Å². The fourth-order valence-corrected chi connectivity index (χ4v) is 4.69. The summed E-state index contributed by atoms with van der Waals surface area (Å²) in [6, 6.07) is 4.07. The molecule has 3 N–H and O–H groups in total. The molecule has 0 aliphatic carbocycles. The Morgan fingerprint density at radius 3 is 2.68 bits per heavy atom. The van der Waals surface area contributed by atoms with E-state index in [1.165, 1.54) is 22.9 Å². The molecule has 2 heterocycles. The average molecular weight is 406 g/mol. The zero-order valence-electron chi connectivity index (χ0n) is 12.7. The number of fused-ring (bicyclic) bond motifs is 1. The van der Waals surface area contributed by atoms with Crippen molar-refractivity contribution in [1.82, 2.24) is 4.57 Å². The molecular formula is C15H14Cl2FN3O3S. The summed E-state index contributed by atoms with van der Waals surface area (Å²) in [7, 11) is -3.52. The van der Waals surface area contributed by atoms with Gasteiger partial charge in [0, 0.05) is 6.20 Å². The number of benzene rings is 1. The summed E-state index contributed by atoms with van der Waals surface area (Å²) in [6.07, 6.45) is 1.54. The summed E-state index contributed by atoms with van der Waals surface area (Å²) in [5.41, 5.74) is 5.20. The SMILES string of the molecule is Cl.N=c1c(C(N)=O)cc(Cl)cn1C1CCS(=O)(=O)c2ccc(F)cc21. The molecule has 0 bridgehead atoms. The highest BCUT2D eigenvalue weighted by molar-refractivity contribution is 7.91. The van der Waals surface area contributed by atoms with Gasteiger partial charge in [-0.1, -0.05) is 11.6 Å². The van der Waals surface area contributed by atoms with Crippen LogP contribution in [0.4, 0.5) is 4.39 Å². The van der Waals surface area contributed by atoms with Crippen LogP contribution in [0.5, 0.6) is 0 Å². The normalized spacial score (nSPS) is 18.1. The molecule has 1 aromatic heterocycles. The molecule has 0 radical (unpaired) electrons. The van der Waals surface area contributed by atoms with Crippen LogP contribution in [-0.4, -0.2) is 24.6 Å². The molecule has 10 heteroatoms. The monoisotopic (exact) mass is 405 g/mol. The van der Waals surface area contributed by atoms with Gasteiger partial charge in [-0.2, -0.15) is 0 Å². The first kappa shape index (κ1) is 19.4. The van der Waals surface area contributed by atoms with Gasteiger partial charge in [0.15, 0.2) is 9.84 Å². The van der Waals surface area contributed by atoms with E-state index in [0.717, 1.165) is 12.1 Å². The number of nitrogens with zero attached hydrogens (tertiary/aromatic N) is 1. The van der Waals surface area contributed by atoms with Gasteiger partial charge in [-0.15, -0.1) is 12.4 Å². The van der Waals surface area contributed by atoms with E-state index in [0.29, 0.717) is 0 Å². The Morgan fingerprint density at radius 2 is 2.04 bits per heavy atom. The number of aromatic nitrogens is 1. The first-order valence-corrected chi connectivity index (χ1v) is 9.02. The van der Waals surface area contributed by atoms with Crippen LogP contribution < -0.4 is 11.2 Å². The molecule has 1 aliphatic heterocycles. The van der Waals surface area contributed by atoms with Crippen molar-refractivity contribution in [2.75, 3.05) is 5.75 Å². The van der Waals surface area contributed by atoms with Crippen LogP contribution in [0.15, 0.2) is 35.4 Å². The van der Waals surface area contributed by atoms with E-state index >= 15 is 0 Å². The van der Waals surface area contributed by atoms with Crippen LogP contribution >= 0.6 is 24.0 Å². The topological polar surface area (TPSA) is 106 Å². The van der Waals surface area contributed by atoms with Crippen LogP contribution in [0.3, 0.4) is 0 Å². The van der Waals surface area contributed by atoms with Gasteiger partial charge in [-0.3, -0.25) is 10.2 Å². The third kappa shape index (κ3) is 3.42. The Balaban J connectivity index is 0.00000225. The second kappa shape index (κ2) is 6.78. The van der Waals surface area contributed by atoms with Gasteiger partial charge in [0.2, 0.25) is 0 Å². The zero-order chi connectivity index (χ0) is 17.6. The fraction of sp³-hybridized carbons (Fsp3) is 0.200. The lowest BCUT2D eigenvalue weighted by molar-refractivity contribution is 0.0997. The van der Waals surface area contributed by atoms with Gasteiger partial charge < -0.3 is 10.3 Å². The molecule has 0 saturated carbocycles. The first-order valence-electron chi connectivity index (χ1n) is 6.99. The number of nitrogens with two attached hydrogens (primary N) is 1. The van der Waals surface area contributed by atoms with Gasteiger partial charge in [0.05, 0.1) is 27.3 Å². The minimum absolute atomic E-state index is 0. The molecule has 2 aromatic rings. The second-order valence-electron chi connectivity index (χ2n) is 5.50. The maximum Gasteiger partial charge on any atom is 0.252 e. The number of hydrogen-bond donors (Lipinski definition) is 2. The number of carbonyl (C=O) groups is 1. The molecule has 25 heavy (non-hydrogen) atoms. The van der Waals surface area contributed by atoms with Crippen molar-refractivity contribution in [3.05, 3.63) is 57.9 Å². The number of amides is 1. The predicted octanol–water partition coefficient (Wildman–Crippen LogP) is 2.05. The lowest BCUT2D eigenvalue weighted by Crippen LogP contribution is -2.35. The van der Waals surface area contributed by atoms with E-state index in [4.69, 9.17) is 22.7 Å². The molecule has 6 nitrogen and oxygen atoms in total. The number of primary amides is 1. The third-order valence-corrected chi connectivity index (χ3v) is 6.01. The van der Waals surface area contributed by atoms with Crippen LogP contribution in [0, 0.1) is 11.2 Å². The summed E-state index contributed by atoms with van der Waals surface area (Å²) in [4.78, 5) is 11.5. The highest BCUT2D eigenvalue weighted by atomic mass is 35.5. The van der Waals surface area contributed by atoms with Crippen LogP contribution in [0.1, 0.15) is 28.4 Å². The van der Waals surface area contributed by atoms with Gasteiger partial charge in [0.25, 0.3) is 5.91 Å². The lowest BCUT2D eigenvalue weighted by atomic mass is 10.0. The van der Waals surface area contributed by atoms with Crippen molar-refractivity contribution in [3.63, 3.8) is 0 Å². The summed E-state index contributed by atoms with van der Waals surface area (Å²) in [6.45, 7) is 0. The Labute approximate surface area is 154 Å². The molecule has 0 saturated heterocycles. The van der Waals surface area contributed by atoms with E-state index < -0.39 is 27.6 Å². The molecule has 1 atom stereocenters. The van der Waals surface area contributed by atoms with Crippen LogP contribution in [0.25, 0.3) is 0 Å². The number of hydrogen-bond acceptors (Lipinski definition) is 4. The van der Waals surface area contributed by atoms with Crippen LogP contribution in [-0.2, 0) is 9.84 Å². The zero-order valence-corrected chi connectivity index (χ0v) is 15.1. The summed E-state index contributed by atoms with van der Waals surface area (Å²) in [5.74, 6) is -1.56. The Kier molecular flexibility index (Phi) is 5.27. The third-order valence-electron chi connectivity index (χ3n) is 3.99. The standard InChI is InChI=1S/C15H13ClFN3O3S.ClH/c16-8-5-11(15(19)21)14(18)20(7-8)12-3-4-24(22,23)13-2-1-9(17)6-10(12)13;/h1-2,5-7,12,18H,3-4H2,(H2,19,21);1H. The maximum absolute atomic E-state index is 13.7. The average Bonchev–Trinajstić information content (AvgIpc) is 2.49. The number of sulfone groups is 1. The van der Waals surface area contributed by atoms with E-state index in [1.54, 1.807) is 0 Å². The molecular weight excluding hydrogens is 392 g/mol. The van der Waals surface area contributed by atoms with Gasteiger partial charge >= 0.3 is 0 Å². The van der Waals surface area contributed by atoms with Crippen LogP contribution in [0.2, 0.25) is 5.02 Å². The maximum atomic E-state index is 13.7. The number of carbonyl (C=O) groups excluding carboxylic acids is 1. The lowest BCUT2D eigenvalue weighted by Gasteiger charge is -2.28. The molecule has 0 fully saturated rings. The number of nitrogens with one attached hydrogen (secondary N) is 1. The minimum Gasteiger partial charge on any atom is -0.365 e. The first-order chi connectivity index (χ1) is 11.2. The predicted molar refractivity (Wildman–Crippen MR) is 92.3 cm³/mol. The largest absolute Gasteiger partial charge is 0.365 e. The van der Waals surface area contributed by atoms with Crippen molar-refractivity contribution < 1.29 is 17.6 Å². The fourth-order valence-electron chi connectivity index (χ4n) is 2.90. The highest BCUT2D eigenvalue weighted by Gasteiger charge is 2.32. The van der Waals surface area contributed by atoms with E-state index in [2.05, 4.69) is 0 Å². The van der Waals surface area contributed by atoms with E-state index in [9.17, 15) is 17.6 Å². The molecule has 1 aliphatic rings. The van der Waals surface area contributed by atoms with Crippen molar-refractivity contribution in [1.29, 1.82) is 5.41 Å². The van der Waals surface area contributed by atoms with E-state index in [-0.39, 0.29) is 51.1 Å². The Bertz CT molecular complexity index is 1020. The molecule has 0 spiro atoms. The second-order valence-corrected chi connectivity index (χ2v) is 8.01. The smallest absolute Gasteiger partial charge is 0.252 e. The van der Waals surface area contributed by atoms with Crippen molar-refractivity contribution >= 4 is 39.8 Å². The van der Waals surface area contributed by atoms with Gasteiger partial charge in [-0.05, 0) is 36.2 Å². The Hall–Kier alpha value is -1.90. The molecule has 1 unspecified atom stereocenters. The number of halogens is 3. The molecule has 1 aromatic carbocycles. The molecule has 1 amide bonds. The van der Waals surface area contributed by atoms with Crippen molar-refractivity contribution in [3.8, 4) is 0 Å². The summed E-state index contributed by atoms with van der Waals surface area (Å²) < 4.78 is 39.4. The van der Waals surface area contributed by atoms with Crippen molar-refractivity contribution in [2.45, 2.75) is 17.4 Å². The number of pyridine rings is 1. The molecule has 3 rings (SSSR count). The summed E-state index contributed by atoms with van der Waals surface area (Å²) >= 11 is 6.00. The summed E-state index contributed by atoms with van der Waals surface area (Å²) in [5, 5.41) is 8.34. The number of rotatable bonds is 2.